The third-order valence-corrected chi connectivity index (χ3v) is 6.58. The molecule has 0 N–H and O–H groups in total. The van der Waals surface area contributed by atoms with Crippen LogP contribution in [0.1, 0.15) is 72.3 Å². The Morgan fingerprint density at radius 2 is 2.03 bits per heavy atom. The summed E-state index contributed by atoms with van der Waals surface area (Å²) in [6.45, 7) is 3.50. The number of hydrogen-bond acceptors (Lipinski definition) is 3. The number of ether oxygens (including phenoxy) is 1. The Labute approximate surface area is 177 Å². The minimum atomic E-state index is -0.312. The molecule has 0 radical (unpaired) electrons. The third kappa shape index (κ3) is 4.51. The number of hydroxylamine groups is 2. The molecule has 1 amide bonds. The molecule has 1 heterocycles. The predicted molar refractivity (Wildman–Crippen MR) is 114 cm³/mol. The monoisotopic (exact) mass is 411 g/mol. The van der Waals surface area contributed by atoms with Crippen molar-refractivity contribution >= 4 is 5.91 Å². The van der Waals surface area contributed by atoms with Crippen LogP contribution in [-0.2, 0) is 4.84 Å². The van der Waals surface area contributed by atoms with Gasteiger partial charge in [0.2, 0.25) is 0 Å². The van der Waals surface area contributed by atoms with E-state index in [9.17, 15) is 9.18 Å². The molecule has 1 saturated carbocycles. The Bertz CT molecular complexity index is 876. The van der Waals surface area contributed by atoms with Crippen LogP contribution < -0.4 is 4.74 Å². The first-order valence-corrected chi connectivity index (χ1v) is 10.9. The Morgan fingerprint density at radius 3 is 2.73 bits per heavy atom. The molecule has 3 atom stereocenters. The van der Waals surface area contributed by atoms with E-state index in [1.807, 2.05) is 24.3 Å². The van der Waals surface area contributed by atoms with Crippen LogP contribution >= 0.6 is 0 Å². The molecule has 0 aromatic heterocycles. The van der Waals surface area contributed by atoms with Gasteiger partial charge in [0.15, 0.2) is 11.6 Å². The summed E-state index contributed by atoms with van der Waals surface area (Å²) in [4.78, 5) is 17.8. The van der Waals surface area contributed by atoms with Gasteiger partial charge in [-0.05, 0) is 85.3 Å². The average molecular weight is 412 g/mol. The van der Waals surface area contributed by atoms with Crippen molar-refractivity contribution in [3.05, 3.63) is 65.0 Å². The molecule has 2 fully saturated rings. The molecule has 4 rings (SSSR count). The SMILES string of the molecule is COc1cc([C@@H](C)C[C@H]2CC[C@@H](c3ccc(C(=O)N4CCCO4)cc3)C2)ccc1F. The maximum atomic E-state index is 13.7. The van der Waals surface area contributed by atoms with Crippen molar-refractivity contribution in [1.29, 1.82) is 0 Å². The third-order valence-electron chi connectivity index (χ3n) is 6.58. The van der Waals surface area contributed by atoms with E-state index in [0.29, 0.717) is 42.2 Å². The van der Waals surface area contributed by atoms with E-state index in [4.69, 9.17) is 9.57 Å². The molecular weight excluding hydrogens is 381 g/mol. The predicted octanol–water partition coefficient (Wildman–Crippen LogP) is 5.69. The molecule has 2 aromatic rings. The topological polar surface area (TPSA) is 38.8 Å². The van der Waals surface area contributed by atoms with Crippen molar-refractivity contribution in [2.75, 3.05) is 20.3 Å². The van der Waals surface area contributed by atoms with Crippen molar-refractivity contribution in [2.24, 2.45) is 5.92 Å². The van der Waals surface area contributed by atoms with Crippen molar-refractivity contribution in [1.82, 2.24) is 5.06 Å². The highest BCUT2D eigenvalue weighted by molar-refractivity contribution is 5.93. The second-order valence-corrected chi connectivity index (χ2v) is 8.62. The van der Waals surface area contributed by atoms with E-state index in [0.717, 1.165) is 24.8 Å². The van der Waals surface area contributed by atoms with Crippen LogP contribution in [0.3, 0.4) is 0 Å². The smallest absolute Gasteiger partial charge is 0.277 e. The maximum absolute atomic E-state index is 13.7. The summed E-state index contributed by atoms with van der Waals surface area (Å²) < 4.78 is 18.8. The number of hydrogen-bond donors (Lipinski definition) is 0. The molecule has 1 saturated heterocycles. The van der Waals surface area contributed by atoms with Crippen molar-refractivity contribution in [2.45, 2.75) is 50.9 Å². The number of carbonyl (C=O) groups excluding carboxylic acids is 1. The summed E-state index contributed by atoms with van der Waals surface area (Å²) in [5.41, 5.74) is 3.13. The summed E-state index contributed by atoms with van der Waals surface area (Å²) in [6.07, 6.45) is 5.53. The molecule has 0 bridgehead atoms. The molecule has 0 spiro atoms. The second kappa shape index (κ2) is 9.17. The Hall–Kier alpha value is -2.40. The number of nitrogens with zero attached hydrogens (tertiary/aromatic N) is 1. The van der Waals surface area contributed by atoms with Gasteiger partial charge in [0, 0.05) is 5.56 Å². The van der Waals surface area contributed by atoms with Gasteiger partial charge in [0.1, 0.15) is 0 Å². The van der Waals surface area contributed by atoms with Gasteiger partial charge in [0.25, 0.3) is 5.91 Å². The fourth-order valence-electron chi connectivity index (χ4n) is 4.86. The molecule has 1 aliphatic heterocycles. The number of benzene rings is 2. The van der Waals surface area contributed by atoms with E-state index >= 15 is 0 Å². The lowest BCUT2D eigenvalue weighted by Gasteiger charge is -2.18. The van der Waals surface area contributed by atoms with Gasteiger partial charge >= 0.3 is 0 Å². The van der Waals surface area contributed by atoms with E-state index in [-0.39, 0.29) is 11.7 Å². The van der Waals surface area contributed by atoms with Gasteiger partial charge in [-0.1, -0.05) is 25.1 Å². The highest BCUT2D eigenvalue weighted by Crippen LogP contribution is 2.42. The minimum Gasteiger partial charge on any atom is -0.494 e. The average Bonchev–Trinajstić information content (AvgIpc) is 3.46. The number of amides is 1. The first-order valence-electron chi connectivity index (χ1n) is 10.9. The van der Waals surface area contributed by atoms with Crippen LogP contribution in [0.4, 0.5) is 4.39 Å². The summed E-state index contributed by atoms with van der Waals surface area (Å²) in [6, 6.07) is 13.3. The Morgan fingerprint density at radius 1 is 1.23 bits per heavy atom. The van der Waals surface area contributed by atoms with E-state index in [2.05, 4.69) is 19.1 Å². The number of halogens is 1. The molecule has 30 heavy (non-hydrogen) atoms. The van der Waals surface area contributed by atoms with Crippen LogP contribution in [0.25, 0.3) is 0 Å². The van der Waals surface area contributed by atoms with Gasteiger partial charge in [0.05, 0.1) is 20.3 Å². The fourth-order valence-corrected chi connectivity index (χ4v) is 4.86. The van der Waals surface area contributed by atoms with Gasteiger partial charge in [-0.25, -0.2) is 9.45 Å². The van der Waals surface area contributed by atoms with E-state index in [1.165, 1.54) is 36.6 Å². The quantitative estimate of drug-likeness (QED) is 0.613. The minimum absolute atomic E-state index is 0.0492. The van der Waals surface area contributed by atoms with Crippen molar-refractivity contribution in [3.63, 3.8) is 0 Å². The molecule has 0 unspecified atom stereocenters. The lowest BCUT2D eigenvalue weighted by atomic mass is 9.88. The van der Waals surface area contributed by atoms with Gasteiger partial charge in [-0.2, -0.15) is 0 Å². The zero-order valence-electron chi connectivity index (χ0n) is 17.8. The first kappa shape index (κ1) is 20.9. The number of methoxy groups -OCH3 is 1. The van der Waals surface area contributed by atoms with Gasteiger partial charge in [-0.15, -0.1) is 0 Å². The van der Waals surface area contributed by atoms with Crippen LogP contribution in [-0.4, -0.2) is 31.2 Å². The van der Waals surface area contributed by atoms with Gasteiger partial charge in [-0.3, -0.25) is 9.63 Å². The standard InChI is InChI=1S/C25H30FNO3/c1-17(21-10-11-23(26)24(16-21)29-2)14-18-4-5-22(15-18)19-6-8-20(9-7-19)25(28)27-12-3-13-30-27/h6-11,16-18,22H,3-5,12-15H2,1-2H3/t17-,18+,22+/m0/s1. The zero-order chi connectivity index (χ0) is 21.1. The fraction of sp³-hybridized carbons (Fsp3) is 0.480. The number of carbonyl (C=O) groups is 1. The van der Waals surface area contributed by atoms with Crippen molar-refractivity contribution in [3.8, 4) is 5.75 Å². The lowest BCUT2D eigenvalue weighted by Crippen LogP contribution is -2.26. The normalized spacial score (nSPS) is 22.3. The molecule has 2 aromatic carbocycles. The largest absolute Gasteiger partial charge is 0.494 e. The summed E-state index contributed by atoms with van der Waals surface area (Å²) in [7, 11) is 1.51. The molecule has 1 aliphatic carbocycles. The first-order chi connectivity index (χ1) is 14.5. The number of rotatable bonds is 6. The molecule has 160 valence electrons. The summed E-state index contributed by atoms with van der Waals surface area (Å²) in [5, 5.41) is 1.46. The van der Waals surface area contributed by atoms with E-state index in [1.54, 1.807) is 0 Å². The van der Waals surface area contributed by atoms with Crippen LogP contribution in [0.5, 0.6) is 5.75 Å². The van der Waals surface area contributed by atoms with Crippen LogP contribution in [0.2, 0.25) is 0 Å². The Kier molecular flexibility index (Phi) is 6.38. The highest BCUT2D eigenvalue weighted by atomic mass is 19.1. The maximum Gasteiger partial charge on any atom is 0.277 e. The van der Waals surface area contributed by atoms with E-state index < -0.39 is 0 Å². The van der Waals surface area contributed by atoms with Crippen LogP contribution in [0, 0.1) is 11.7 Å². The van der Waals surface area contributed by atoms with Crippen LogP contribution in [0.15, 0.2) is 42.5 Å². The zero-order valence-corrected chi connectivity index (χ0v) is 17.8. The highest BCUT2D eigenvalue weighted by Gasteiger charge is 2.28. The lowest BCUT2D eigenvalue weighted by molar-refractivity contribution is -0.0768. The second-order valence-electron chi connectivity index (χ2n) is 8.62. The van der Waals surface area contributed by atoms with Crippen molar-refractivity contribution < 1.29 is 18.8 Å². The molecule has 2 aliphatic rings. The summed E-state index contributed by atoms with van der Waals surface area (Å²) in [5.74, 6) is 1.51. The molecule has 4 nitrogen and oxygen atoms in total. The Balaban J connectivity index is 1.34. The molecular formula is C25H30FNO3. The summed E-state index contributed by atoms with van der Waals surface area (Å²) >= 11 is 0. The van der Waals surface area contributed by atoms with Gasteiger partial charge < -0.3 is 4.74 Å². The molecule has 5 heteroatoms.